The van der Waals surface area contributed by atoms with Gasteiger partial charge in [0.1, 0.15) is 30.2 Å². The molecule has 0 amide bonds. The average molecular weight is 552 g/mol. The summed E-state index contributed by atoms with van der Waals surface area (Å²) in [4.78, 5) is 21.1. The second kappa shape index (κ2) is 11.6. The zero-order valence-electron chi connectivity index (χ0n) is 22.2. The highest BCUT2D eigenvalue weighted by Gasteiger charge is 2.19. The summed E-state index contributed by atoms with van der Waals surface area (Å²) in [5.74, 6) is 1.63. The van der Waals surface area contributed by atoms with E-state index in [0.29, 0.717) is 47.4 Å². The molecular weight excluding hydrogens is 518 g/mol. The van der Waals surface area contributed by atoms with Gasteiger partial charge in [0.15, 0.2) is 15.7 Å². The number of carbonyl (C=O) groups is 1. The van der Waals surface area contributed by atoms with Crippen LogP contribution < -0.4 is 4.74 Å². The summed E-state index contributed by atoms with van der Waals surface area (Å²) in [6, 6.07) is 16.7. The summed E-state index contributed by atoms with van der Waals surface area (Å²) in [5.41, 5.74) is 2.89. The first-order valence-electron chi connectivity index (χ1n) is 12.6. The van der Waals surface area contributed by atoms with Gasteiger partial charge in [0, 0.05) is 38.9 Å². The van der Waals surface area contributed by atoms with Gasteiger partial charge in [-0.25, -0.2) is 13.4 Å². The van der Waals surface area contributed by atoms with Crippen LogP contribution in [0.1, 0.15) is 12.5 Å². The number of hydrogen-bond donors (Lipinski definition) is 0. The van der Waals surface area contributed by atoms with Gasteiger partial charge in [0.25, 0.3) is 0 Å². The van der Waals surface area contributed by atoms with Gasteiger partial charge in [0.05, 0.1) is 21.7 Å². The molecule has 4 aromatic rings. The first kappa shape index (κ1) is 27.7. The maximum Gasteiger partial charge on any atom is 0.178 e. The highest BCUT2D eigenvalue weighted by Crippen LogP contribution is 2.33. The van der Waals surface area contributed by atoms with Crippen LogP contribution in [0.5, 0.6) is 11.5 Å². The maximum absolute atomic E-state index is 12.1. The molecule has 38 heavy (non-hydrogen) atoms. The van der Waals surface area contributed by atoms with Gasteiger partial charge in [-0.2, -0.15) is 0 Å². The Morgan fingerprint density at radius 3 is 2.45 bits per heavy atom. The molecule has 0 saturated carbocycles. The minimum atomic E-state index is -3.31. The Balaban J connectivity index is 1.72. The van der Waals surface area contributed by atoms with E-state index in [9.17, 15) is 13.2 Å². The molecule has 200 valence electrons. The fourth-order valence-corrected chi connectivity index (χ4v) is 5.54. The third-order valence-electron chi connectivity index (χ3n) is 6.14. The zero-order valence-corrected chi connectivity index (χ0v) is 24.0. The van der Waals surface area contributed by atoms with E-state index in [2.05, 4.69) is 24.6 Å². The van der Waals surface area contributed by atoms with E-state index in [4.69, 9.17) is 14.5 Å². The van der Waals surface area contributed by atoms with Crippen molar-refractivity contribution in [1.82, 2.24) is 14.5 Å². The van der Waals surface area contributed by atoms with Crippen molar-refractivity contribution in [1.29, 1.82) is 0 Å². The molecule has 0 unspecified atom stereocenters. The molecule has 8 nitrogen and oxygen atoms in total. The minimum Gasteiger partial charge on any atom is -0.457 e. The monoisotopic (exact) mass is 551 g/mol. The van der Waals surface area contributed by atoms with Gasteiger partial charge < -0.3 is 14.3 Å². The van der Waals surface area contributed by atoms with E-state index in [1.54, 1.807) is 31.3 Å². The van der Waals surface area contributed by atoms with Crippen molar-refractivity contribution in [3.8, 4) is 23.0 Å². The Hall–Kier alpha value is -3.34. The summed E-state index contributed by atoms with van der Waals surface area (Å²) < 4.78 is 38.5. The molecule has 0 atom stereocenters. The molecule has 0 bridgehead atoms. The summed E-state index contributed by atoms with van der Waals surface area (Å²) in [7, 11) is -4.55. The van der Waals surface area contributed by atoms with Gasteiger partial charge in [-0.3, -0.25) is 9.55 Å². The number of aldehydes is 1. The van der Waals surface area contributed by atoms with Gasteiger partial charge in [-0.05, 0) is 48.5 Å². The lowest BCUT2D eigenvalue weighted by molar-refractivity contribution is -0.107. The van der Waals surface area contributed by atoms with Crippen molar-refractivity contribution in [3.63, 3.8) is 0 Å². The standard InChI is InChI=1S/C28H33N3O5SSi/c1-5-37(33,34)23-11-9-22(10-12-23)36-27-19-25-26(18-21(27)13-15-32)31(20-35-16-17-38(2,3)4)28(30-25)24-8-6-7-14-29-24/h6-12,14-15,18-19H,5,13,16-17,20H2,1-4H3. The first-order valence-corrected chi connectivity index (χ1v) is 17.9. The quantitative estimate of drug-likeness (QED) is 0.126. The Labute approximate surface area is 224 Å². The van der Waals surface area contributed by atoms with E-state index in [0.717, 1.165) is 17.8 Å². The average Bonchev–Trinajstić information content (AvgIpc) is 3.24. The predicted molar refractivity (Wildman–Crippen MR) is 151 cm³/mol. The van der Waals surface area contributed by atoms with Gasteiger partial charge in [0.2, 0.25) is 0 Å². The molecule has 2 aromatic heterocycles. The molecule has 2 heterocycles. The zero-order chi connectivity index (χ0) is 27.3. The summed E-state index contributed by atoms with van der Waals surface area (Å²) in [6.07, 6.45) is 2.70. The molecule has 0 N–H and O–H groups in total. The third kappa shape index (κ3) is 6.56. The first-order chi connectivity index (χ1) is 18.1. The highest BCUT2D eigenvalue weighted by atomic mass is 32.2. The van der Waals surface area contributed by atoms with Gasteiger partial charge in [-0.15, -0.1) is 0 Å². The second-order valence-electron chi connectivity index (χ2n) is 10.2. The number of imidazole rings is 1. The molecular formula is C28H33N3O5SSi. The van der Waals surface area contributed by atoms with Crippen LogP contribution in [0, 0.1) is 0 Å². The number of aromatic nitrogens is 3. The normalized spacial score (nSPS) is 12.1. The van der Waals surface area contributed by atoms with Crippen molar-refractivity contribution in [2.75, 3.05) is 12.4 Å². The number of carbonyl (C=O) groups excluding carboxylic acids is 1. The SMILES string of the molecule is CCS(=O)(=O)c1ccc(Oc2cc3nc(-c4ccccn4)n(COCC[Si](C)(C)C)c3cc2CC=O)cc1. The van der Waals surface area contributed by atoms with E-state index in [1.807, 2.05) is 28.8 Å². The number of hydrogen-bond acceptors (Lipinski definition) is 7. The Morgan fingerprint density at radius 1 is 1.05 bits per heavy atom. The van der Waals surface area contributed by atoms with Crippen molar-refractivity contribution in [3.05, 3.63) is 66.4 Å². The number of rotatable bonds is 12. The summed E-state index contributed by atoms with van der Waals surface area (Å²) in [5, 5.41) is 0. The van der Waals surface area contributed by atoms with E-state index in [-0.39, 0.29) is 17.1 Å². The molecule has 0 saturated heterocycles. The molecule has 10 heteroatoms. The van der Waals surface area contributed by atoms with E-state index >= 15 is 0 Å². The van der Waals surface area contributed by atoms with Crippen molar-refractivity contribution in [2.24, 2.45) is 0 Å². The van der Waals surface area contributed by atoms with Gasteiger partial charge >= 0.3 is 0 Å². The number of benzene rings is 2. The van der Waals surface area contributed by atoms with Crippen LogP contribution in [0.2, 0.25) is 25.7 Å². The molecule has 2 aromatic carbocycles. The molecule has 0 fully saturated rings. The molecule has 0 radical (unpaired) electrons. The lowest BCUT2D eigenvalue weighted by Crippen LogP contribution is -2.22. The Bertz CT molecular complexity index is 1510. The van der Waals surface area contributed by atoms with Crippen LogP contribution in [0.15, 0.2) is 65.7 Å². The van der Waals surface area contributed by atoms with Crippen molar-refractivity contribution < 1.29 is 22.7 Å². The van der Waals surface area contributed by atoms with E-state index < -0.39 is 17.9 Å². The number of fused-ring (bicyclic) bond motifs is 1. The largest absolute Gasteiger partial charge is 0.457 e. The lowest BCUT2D eigenvalue weighted by Gasteiger charge is -2.16. The number of sulfone groups is 1. The minimum absolute atomic E-state index is 0.0243. The highest BCUT2D eigenvalue weighted by molar-refractivity contribution is 7.91. The second-order valence-corrected chi connectivity index (χ2v) is 18.1. The molecule has 0 aliphatic heterocycles. The van der Waals surface area contributed by atoms with E-state index in [1.165, 1.54) is 12.1 Å². The topological polar surface area (TPSA) is 100 Å². The number of nitrogens with zero attached hydrogens (tertiary/aromatic N) is 3. The van der Waals surface area contributed by atoms with Crippen LogP contribution in [-0.2, 0) is 32.5 Å². The molecule has 0 spiro atoms. The lowest BCUT2D eigenvalue weighted by atomic mass is 10.1. The smallest absolute Gasteiger partial charge is 0.178 e. The van der Waals surface area contributed by atoms with Crippen LogP contribution in [0.4, 0.5) is 0 Å². The number of pyridine rings is 1. The van der Waals surface area contributed by atoms with Crippen molar-refractivity contribution in [2.45, 2.75) is 50.7 Å². The third-order valence-corrected chi connectivity index (χ3v) is 9.59. The molecule has 0 aliphatic carbocycles. The van der Waals surface area contributed by atoms with Crippen molar-refractivity contribution >= 4 is 35.2 Å². The van der Waals surface area contributed by atoms with Crippen LogP contribution in [0.25, 0.3) is 22.6 Å². The Kier molecular flexibility index (Phi) is 8.44. The van der Waals surface area contributed by atoms with Gasteiger partial charge in [-0.1, -0.05) is 32.6 Å². The predicted octanol–water partition coefficient (Wildman–Crippen LogP) is 5.74. The summed E-state index contributed by atoms with van der Waals surface area (Å²) >= 11 is 0. The van der Waals surface area contributed by atoms with Crippen LogP contribution in [-0.4, -0.2) is 49.7 Å². The number of ether oxygens (including phenoxy) is 2. The molecule has 4 rings (SSSR count). The fourth-order valence-electron chi connectivity index (χ4n) is 3.90. The Morgan fingerprint density at radius 2 is 1.82 bits per heavy atom. The maximum atomic E-state index is 12.1. The summed E-state index contributed by atoms with van der Waals surface area (Å²) in [6.45, 7) is 9.50. The molecule has 0 aliphatic rings. The van der Waals surface area contributed by atoms with Crippen LogP contribution >= 0.6 is 0 Å². The van der Waals surface area contributed by atoms with Crippen LogP contribution in [0.3, 0.4) is 0 Å². The fraction of sp³-hybridized carbons (Fsp3) is 0.321.